The predicted molar refractivity (Wildman–Crippen MR) is 87.0 cm³/mol. The zero-order valence-corrected chi connectivity index (χ0v) is 13.7. The van der Waals surface area contributed by atoms with Crippen LogP contribution < -0.4 is 5.32 Å². The third-order valence-corrected chi connectivity index (χ3v) is 4.07. The summed E-state index contributed by atoms with van der Waals surface area (Å²) >= 11 is 0. The number of fused-ring (bicyclic) bond motifs is 1. The lowest BCUT2D eigenvalue weighted by Crippen LogP contribution is -2.30. The third kappa shape index (κ3) is 3.18. The van der Waals surface area contributed by atoms with Crippen molar-refractivity contribution in [2.75, 3.05) is 13.2 Å². The fourth-order valence-electron chi connectivity index (χ4n) is 2.63. The molecule has 1 heterocycles. The van der Waals surface area contributed by atoms with Crippen molar-refractivity contribution >= 4 is 28.6 Å². The van der Waals surface area contributed by atoms with Gasteiger partial charge in [0.25, 0.3) is 5.91 Å². The Kier molecular flexibility index (Phi) is 4.38. The monoisotopic (exact) mass is 329 g/mol. The number of ether oxygens (including phenoxy) is 1. The molecule has 1 aromatic heterocycles. The summed E-state index contributed by atoms with van der Waals surface area (Å²) in [7, 11) is 0. The highest BCUT2D eigenvalue weighted by molar-refractivity contribution is 6.09. The Morgan fingerprint density at radius 2 is 2.04 bits per heavy atom. The number of amides is 1. The maximum Gasteiger partial charge on any atom is 0.374 e. The molecule has 1 saturated carbocycles. The van der Waals surface area contributed by atoms with Gasteiger partial charge in [-0.2, -0.15) is 0 Å². The predicted octanol–water partition coefficient (Wildman–Crippen LogP) is 2.63. The number of benzene rings is 1. The first-order valence-electron chi connectivity index (χ1n) is 8.02. The van der Waals surface area contributed by atoms with Gasteiger partial charge in [0.15, 0.2) is 5.78 Å². The molecule has 1 aliphatic rings. The average Bonchev–Trinajstić information content (AvgIpc) is 3.31. The maximum absolute atomic E-state index is 12.5. The average molecular weight is 329 g/mol. The SMILES string of the molecule is CCOC(=O)c1cc2c(C(=O)NCC(=O)C3CC3)c(C)ccc2o1. The van der Waals surface area contributed by atoms with Gasteiger partial charge in [-0.25, -0.2) is 4.79 Å². The van der Waals surface area contributed by atoms with E-state index in [0.717, 1.165) is 18.4 Å². The molecule has 126 valence electrons. The molecule has 1 amide bonds. The highest BCUT2D eigenvalue weighted by Gasteiger charge is 2.29. The summed E-state index contributed by atoms with van der Waals surface area (Å²) < 4.78 is 10.4. The van der Waals surface area contributed by atoms with Crippen LogP contribution in [0.3, 0.4) is 0 Å². The van der Waals surface area contributed by atoms with Gasteiger partial charge in [-0.15, -0.1) is 0 Å². The molecule has 0 aliphatic heterocycles. The molecule has 6 heteroatoms. The Morgan fingerprint density at radius 1 is 1.29 bits per heavy atom. The zero-order valence-electron chi connectivity index (χ0n) is 13.7. The number of Topliss-reactive ketones (excluding diaryl/α,β-unsaturated/α-hetero) is 1. The number of carbonyl (C=O) groups is 3. The van der Waals surface area contributed by atoms with E-state index in [1.807, 2.05) is 0 Å². The number of esters is 1. The lowest BCUT2D eigenvalue weighted by atomic mass is 10.0. The molecule has 0 unspecified atom stereocenters. The van der Waals surface area contributed by atoms with Crippen LogP contribution in [0.1, 0.15) is 46.2 Å². The molecule has 1 fully saturated rings. The number of ketones is 1. The van der Waals surface area contributed by atoms with E-state index in [0.29, 0.717) is 16.5 Å². The van der Waals surface area contributed by atoms with Crippen LogP contribution in [0.15, 0.2) is 22.6 Å². The number of aryl methyl sites for hydroxylation is 1. The van der Waals surface area contributed by atoms with Gasteiger partial charge in [-0.1, -0.05) is 6.07 Å². The van der Waals surface area contributed by atoms with Crippen molar-refractivity contribution in [3.63, 3.8) is 0 Å². The molecular weight excluding hydrogens is 310 g/mol. The maximum atomic E-state index is 12.5. The van der Waals surface area contributed by atoms with E-state index in [-0.39, 0.29) is 36.5 Å². The first kappa shape index (κ1) is 16.2. The molecule has 1 N–H and O–H groups in total. The molecular formula is C18H19NO5. The highest BCUT2D eigenvalue weighted by atomic mass is 16.5. The number of hydrogen-bond acceptors (Lipinski definition) is 5. The molecule has 0 radical (unpaired) electrons. The second kappa shape index (κ2) is 6.47. The minimum Gasteiger partial charge on any atom is -0.460 e. The molecule has 1 aliphatic carbocycles. The van der Waals surface area contributed by atoms with Gasteiger partial charge < -0.3 is 14.5 Å². The van der Waals surface area contributed by atoms with Crippen molar-refractivity contribution < 1.29 is 23.5 Å². The Balaban J connectivity index is 1.87. The van der Waals surface area contributed by atoms with Crippen molar-refractivity contribution in [3.8, 4) is 0 Å². The van der Waals surface area contributed by atoms with E-state index in [1.165, 1.54) is 6.07 Å². The largest absolute Gasteiger partial charge is 0.460 e. The van der Waals surface area contributed by atoms with Crippen LogP contribution in [-0.4, -0.2) is 30.8 Å². The van der Waals surface area contributed by atoms with Crippen LogP contribution in [0.25, 0.3) is 11.0 Å². The van der Waals surface area contributed by atoms with Gasteiger partial charge >= 0.3 is 5.97 Å². The van der Waals surface area contributed by atoms with E-state index < -0.39 is 5.97 Å². The fourth-order valence-corrected chi connectivity index (χ4v) is 2.63. The number of hydrogen-bond donors (Lipinski definition) is 1. The van der Waals surface area contributed by atoms with Crippen LogP contribution in [0.5, 0.6) is 0 Å². The second-order valence-electron chi connectivity index (χ2n) is 5.92. The van der Waals surface area contributed by atoms with Crippen LogP contribution in [0.2, 0.25) is 0 Å². The van der Waals surface area contributed by atoms with Gasteiger partial charge in [-0.05, 0) is 38.3 Å². The summed E-state index contributed by atoms with van der Waals surface area (Å²) in [5.41, 5.74) is 1.59. The fraction of sp³-hybridized carbons (Fsp3) is 0.389. The van der Waals surface area contributed by atoms with Crippen LogP contribution >= 0.6 is 0 Å². The topological polar surface area (TPSA) is 85.6 Å². The molecule has 24 heavy (non-hydrogen) atoms. The molecule has 0 bridgehead atoms. The molecule has 0 saturated heterocycles. The first-order valence-corrected chi connectivity index (χ1v) is 8.02. The Hall–Kier alpha value is -2.63. The van der Waals surface area contributed by atoms with E-state index in [4.69, 9.17) is 9.15 Å². The van der Waals surface area contributed by atoms with Crippen molar-refractivity contribution in [1.82, 2.24) is 5.32 Å². The minimum absolute atomic E-state index is 0.0297. The van der Waals surface area contributed by atoms with Crippen molar-refractivity contribution in [2.45, 2.75) is 26.7 Å². The Labute approximate surface area is 139 Å². The first-order chi connectivity index (χ1) is 11.5. The zero-order chi connectivity index (χ0) is 17.3. The lowest BCUT2D eigenvalue weighted by Gasteiger charge is -2.08. The van der Waals surface area contributed by atoms with Gasteiger partial charge in [0, 0.05) is 17.4 Å². The number of nitrogens with one attached hydrogen (secondary N) is 1. The lowest BCUT2D eigenvalue weighted by molar-refractivity contribution is -0.119. The molecule has 2 aromatic rings. The summed E-state index contributed by atoms with van der Waals surface area (Å²) in [6, 6.07) is 4.97. The number of furan rings is 1. The van der Waals surface area contributed by atoms with Crippen LogP contribution in [-0.2, 0) is 9.53 Å². The summed E-state index contributed by atoms with van der Waals surface area (Å²) in [6.45, 7) is 3.78. The van der Waals surface area contributed by atoms with Crippen molar-refractivity contribution in [3.05, 3.63) is 35.1 Å². The second-order valence-corrected chi connectivity index (χ2v) is 5.92. The van der Waals surface area contributed by atoms with Gasteiger partial charge in [0.05, 0.1) is 18.7 Å². The quantitative estimate of drug-likeness (QED) is 0.823. The molecule has 6 nitrogen and oxygen atoms in total. The van der Waals surface area contributed by atoms with Crippen LogP contribution in [0.4, 0.5) is 0 Å². The van der Waals surface area contributed by atoms with E-state index in [9.17, 15) is 14.4 Å². The van der Waals surface area contributed by atoms with Gasteiger partial charge in [0.1, 0.15) is 5.58 Å². The summed E-state index contributed by atoms with van der Waals surface area (Å²) in [5, 5.41) is 3.21. The number of carbonyl (C=O) groups excluding carboxylic acids is 3. The van der Waals surface area contributed by atoms with Gasteiger partial charge in [-0.3, -0.25) is 9.59 Å². The van der Waals surface area contributed by atoms with Crippen molar-refractivity contribution in [2.24, 2.45) is 5.92 Å². The van der Waals surface area contributed by atoms with Crippen molar-refractivity contribution in [1.29, 1.82) is 0 Å². The van der Waals surface area contributed by atoms with E-state index in [2.05, 4.69) is 5.32 Å². The van der Waals surface area contributed by atoms with E-state index >= 15 is 0 Å². The summed E-state index contributed by atoms with van der Waals surface area (Å²) in [5.74, 6) is -0.690. The van der Waals surface area contributed by atoms with Crippen LogP contribution in [0, 0.1) is 12.8 Å². The standard InChI is InChI=1S/C18H19NO5/c1-3-23-18(22)15-8-12-14(24-15)7-4-10(2)16(12)17(21)19-9-13(20)11-5-6-11/h4,7-8,11H,3,5-6,9H2,1-2H3,(H,19,21). The normalized spacial score (nSPS) is 13.8. The Bertz CT molecular complexity index is 816. The molecule has 0 spiro atoms. The Morgan fingerprint density at radius 3 is 2.71 bits per heavy atom. The smallest absolute Gasteiger partial charge is 0.374 e. The van der Waals surface area contributed by atoms with Gasteiger partial charge in [0.2, 0.25) is 5.76 Å². The molecule has 3 rings (SSSR count). The molecule has 1 aromatic carbocycles. The van der Waals surface area contributed by atoms with E-state index in [1.54, 1.807) is 26.0 Å². The summed E-state index contributed by atoms with van der Waals surface area (Å²) in [4.78, 5) is 36.1. The third-order valence-electron chi connectivity index (χ3n) is 4.07. The summed E-state index contributed by atoms with van der Waals surface area (Å²) in [6.07, 6.45) is 1.82. The molecule has 0 atom stereocenters. The highest BCUT2D eigenvalue weighted by Crippen LogP contribution is 2.30. The number of rotatable bonds is 6. The minimum atomic E-state index is -0.568.